The highest BCUT2D eigenvalue weighted by atomic mass is 79.9. The summed E-state index contributed by atoms with van der Waals surface area (Å²) < 4.78 is 83.6. The lowest BCUT2D eigenvalue weighted by molar-refractivity contribution is -0.128. The summed E-state index contributed by atoms with van der Waals surface area (Å²) in [6.45, 7) is 0.530. The molecule has 0 unspecified atom stereocenters. The predicted molar refractivity (Wildman–Crippen MR) is 205 cm³/mol. The largest absolute Gasteiger partial charge is 0.358 e. The first kappa shape index (κ1) is 42.5. The van der Waals surface area contributed by atoms with E-state index in [2.05, 4.69) is 45.9 Å². The van der Waals surface area contributed by atoms with Crippen LogP contribution in [0.15, 0.2) is 42.0 Å². The third-order valence-corrected chi connectivity index (χ3v) is 13.9. The van der Waals surface area contributed by atoms with Crippen molar-refractivity contribution in [2.75, 3.05) is 80.5 Å². The van der Waals surface area contributed by atoms with Crippen LogP contribution in [-0.2, 0) is 30.0 Å². The number of halogens is 3. The number of pyridine rings is 2. The number of nitrogens with zero attached hydrogens (tertiary/aromatic N) is 11. The summed E-state index contributed by atoms with van der Waals surface area (Å²) in [6.07, 6.45) is 7.09. The van der Waals surface area contributed by atoms with Crippen LogP contribution in [0, 0.1) is 11.6 Å². The van der Waals surface area contributed by atoms with Crippen LogP contribution < -0.4 is 0 Å². The lowest BCUT2D eigenvalue weighted by atomic mass is 10.1. The number of piperazine rings is 2. The minimum absolute atomic E-state index is 0.0101. The van der Waals surface area contributed by atoms with Gasteiger partial charge in [0, 0.05) is 92.9 Å². The molecule has 2 aliphatic heterocycles. The molecule has 5 aromatic heterocycles. The molecule has 2 amide bonds. The van der Waals surface area contributed by atoms with E-state index in [4.69, 9.17) is 0 Å². The molecule has 21 nitrogen and oxygen atoms in total. The Balaban J connectivity index is 0.000000198. The normalized spacial score (nSPS) is 15.9. The molecule has 0 atom stereocenters. The first-order valence-electron chi connectivity index (χ1n) is 17.2. The minimum atomic E-state index is -3.60. The maximum atomic E-state index is 14.5. The number of hydrogen-bond acceptors (Lipinski definition) is 12. The highest BCUT2D eigenvalue weighted by Crippen LogP contribution is 2.28. The number of H-pyrrole nitrogens is 2. The van der Waals surface area contributed by atoms with Crippen molar-refractivity contribution in [2.24, 2.45) is 0 Å². The van der Waals surface area contributed by atoms with E-state index in [1.54, 1.807) is 0 Å². The van der Waals surface area contributed by atoms with Gasteiger partial charge < -0.3 is 19.8 Å². The van der Waals surface area contributed by atoms with Crippen LogP contribution in [-0.4, -0.2) is 182 Å². The van der Waals surface area contributed by atoms with Crippen molar-refractivity contribution in [1.29, 1.82) is 0 Å². The summed E-state index contributed by atoms with van der Waals surface area (Å²) >= 11 is 3.16. The third-order valence-electron chi connectivity index (χ3n) is 9.40. The monoisotopic (exact) mass is 911 g/mol. The van der Waals surface area contributed by atoms with E-state index < -0.39 is 55.4 Å². The average molecular weight is 913 g/mol. The number of aromatic nitrogens is 7. The van der Waals surface area contributed by atoms with E-state index in [9.17, 15) is 44.8 Å². The second kappa shape index (κ2) is 16.6. The molecule has 0 aromatic carbocycles. The first-order valence-corrected chi connectivity index (χ1v) is 20.8. The molecule has 0 aliphatic carbocycles. The maximum Gasteiger partial charge on any atom is 0.295 e. The average Bonchev–Trinajstić information content (AvgIpc) is 4.00. The van der Waals surface area contributed by atoms with Crippen LogP contribution in [0.4, 0.5) is 8.78 Å². The van der Waals surface area contributed by atoms with E-state index in [1.807, 2.05) is 0 Å². The van der Waals surface area contributed by atoms with Gasteiger partial charge in [-0.25, -0.2) is 28.4 Å². The van der Waals surface area contributed by atoms with Gasteiger partial charge in [0.25, 0.3) is 43.8 Å². The van der Waals surface area contributed by atoms with Gasteiger partial charge in [0.1, 0.15) is 17.3 Å². The van der Waals surface area contributed by atoms with Crippen molar-refractivity contribution in [3.63, 3.8) is 0 Å². The van der Waals surface area contributed by atoms with Gasteiger partial charge in [0.2, 0.25) is 0 Å². The molecule has 2 aliphatic rings. The van der Waals surface area contributed by atoms with Crippen molar-refractivity contribution in [1.82, 2.24) is 61.7 Å². The number of Topliss-reactive ketones (excluding diaryl/α,β-unsaturated/α-hetero) is 2. The van der Waals surface area contributed by atoms with Crippen molar-refractivity contribution in [2.45, 2.75) is 0 Å². The van der Waals surface area contributed by atoms with E-state index in [-0.39, 0.29) is 91.1 Å². The Labute approximate surface area is 338 Å². The Hall–Kier alpha value is -5.12. The zero-order chi connectivity index (χ0) is 42.3. The molecule has 2 fully saturated rings. The number of amides is 2. The van der Waals surface area contributed by atoms with Crippen LogP contribution in [0.2, 0.25) is 0 Å². The molecule has 0 bridgehead atoms. The standard InChI is InChI=1S/C17H19FN8O4S.C15H17BrFN5O4S/c1-23(2)31(29,30)25-5-3-24(4-6-25)17(28)15(27)11-7-20-14-13(11)12(18)8-21-16(14)26-10-19-9-22-26;1-20(2)27(25,26)22-5-3-21(4-6-22)15(24)13(23)9-7-18-12-11(9)10(17)8-19-14(12)16/h7-10,20H,3-6H2,1-2H3;7-8,18H,3-6H2,1-2H3. The molecule has 7 heterocycles. The Morgan fingerprint density at radius 1 is 0.690 bits per heavy atom. The molecule has 26 heteroatoms. The summed E-state index contributed by atoms with van der Waals surface area (Å²) in [6, 6.07) is 0. The second-order valence-electron chi connectivity index (χ2n) is 13.2. The summed E-state index contributed by atoms with van der Waals surface area (Å²) in [5, 5.41) is 3.87. The summed E-state index contributed by atoms with van der Waals surface area (Å²) in [4.78, 5) is 70.5. The van der Waals surface area contributed by atoms with Crippen molar-refractivity contribution in [3.8, 4) is 5.82 Å². The van der Waals surface area contributed by atoms with Crippen LogP contribution in [0.5, 0.6) is 0 Å². The molecule has 0 spiro atoms. The van der Waals surface area contributed by atoms with Crippen molar-refractivity contribution in [3.05, 3.63) is 64.8 Å². The highest BCUT2D eigenvalue weighted by molar-refractivity contribution is 9.10. The molecule has 0 radical (unpaired) electrons. The van der Waals surface area contributed by atoms with E-state index >= 15 is 0 Å². The molecule has 58 heavy (non-hydrogen) atoms. The van der Waals surface area contributed by atoms with Crippen LogP contribution in [0.3, 0.4) is 0 Å². The molecular weight excluding hydrogens is 876 g/mol. The van der Waals surface area contributed by atoms with Gasteiger partial charge in [0.15, 0.2) is 17.5 Å². The molecule has 7 rings (SSSR count). The predicted octanol–water partition coefficient (Wildman–Crippen LogP) is 0.0138. The quantitative estimate of drug-likeness (QED) is 0.113. The first-order chi connectivity index (χ1) is 27.4. The van der Waals surface area contributed by atoms with Gasteiger partial charge in [0.05, 0.1) is 45.3 Å². The second-order valence-corrected chi connectivity index (χ2v) is 18.2. The Kier molecular flexibility index (Phi) is 12.2. The van der Waals surface area contributed by atoms with Gasteiger partial charge in [-0.05, 0) is 15.9 Å². The topological polar surface area (TPSA) is 244 Å². The number of rotatable bonds is 9. The van der Waals surface area contributed by atoms with Gasteiger partial charge in [-0.3, -0.25) is 19.2 Å². The molecule has 2 saturated heterocycles. The Morgan fingerprint density at radius 2 is 1.12 bits per heavy atom. The number of aromatic amines is 2. The number of carbonyl (C=O) groups is 4. The van der Waals surface area contributed by atoms with Gasteiger partial charge in [-0.2, -0.15) is 39.2 Å². The molecule has 2 N–H and O–H groups in total. The van der Waals surface area contributed by atoms with Crippen molar-refractivity contribution < 1.29 is 44.8 Å². The number of hydrogen-bond donors (Lipinski definition) is 2. The fourth-order valence-electron chi connectivity index (χ4n) is 6.24. The smallest absolute Gasteiger partial charge is 0.295 e. The van der Waals surface area contributed by atoms with E-state index in [0.29, 0.717) is 4.60 Å². The number of carbonyl (C=O) groups excluding carboxylic acids is 4. The summed E-state index contributed by atoms with van der Waals surface area (Å²) in [5.41, 5.74) is 0.264. The fraction of sp³-hybridized carbons (Fsp3) is 0.375. The third kappa shape index (κ3) is 7.99. The van der Waals surface area contributed by atoms with Gasteiger partial charge >= 0.3 is 0 Å². The minimum Gasteiger partial charge on any atom is -0.358 e. The van der Waals surface area contributed by atoms with Crippen LogP contribution in [0.1, 0.15) is 20.7 Å². The van der Waals surface area contributed by atoms with Crippen LogP contribution in [0.25, 0.3) is 27.6 Å². The van der Waals surface area contributed by atoms with E-state index in [1.165, 1.54) is 76.3 Å². The maximum absolute atomic E-state index is 14.5. The van der Waals surface area contributed by atoms with E-state index in [0.717, 1.165) is 21.0 Å². The van der Waals surface area contributed by atoms with Gasteiger partial charge in [-0.15, -0.1) is 0 Å². The van der Waals surface area contributed by atoms with Crippen LogP contribution >= 0.6 is 15.9 Å². The number of ketones is 2. The molecule has 5 aromatic rings. The molecule has 0 saturated carbocycles. The molecular formula is C32H36BrF2N13O8S2. The van der Waals surface area contributed by atoms with Gasteiger partial charge in [-0.1, -0.05) is 0 Å². The lowest BCUT2D eigenvalue weighted by Crippen LogP contribution is -2.54. The summed E-state index contributed by atoms with van der Waals surface area (Å²) in [5.74, 6) is -4.65. The zero-order valence-electron chi connectivity index (χ0n) is 31.3. The SMILES string of the molecule is CN(C)S(=O)(=O)N1CCN(C(=O)C(=O)c2c[nH]c3c(-n4cncn4)ncc(F)c23)CC1.CN(C)S(=O)(=O)N1CCN(C(=O)C(=O)c2c[nH]c3c(Br)ncc(F)c23)CC1. The molecule has 310 valence electrons. The number of nitrogens with one attached hydrogen (secondary N) is 2. The fourth-order valence-corrected chi connectivity index (χ4v) is 8.83. The Bertz CT molecular complexity index is 2620. The Morgan fingerprint density at radius 3 is 1.55 bits per heavy atom. The number of fused-ring (bicyclic) bond motifs is 2. The zero-order valence-corrected chi connectivity index (χ0v) is 34.5. The summed E-state index contributed by atoms with van der Waals surface area (Å²) in [7, 11) is -1.49. The highest BCUT2D eigenvalue weighted by Gasteiger charge is 2.35. The lowest BCUT2D eigenvalue weighted by Gasteiger charge is -2.34. The van der Waals surface area contributed by atoms with Crippen molar-refractivity contribution >= 4 is 81.5 Å².